The molecule has 0 bridgehead atoms. The number of thioether (sulfide) groups is 3. The van der Waals surface area contributed by atoms with Gasteiger partial charge in [-0.1, -0.05) is 105 Å². The molecular weight excluding hydrogens is 605 g/mol. The minimum Gasteiger partial charge on any atom is -0.388 e. The molecule has 0 amide bonds. The zero-order chi connectivity index (χ0) is 28.9. The lowest BCUT2D eigenvalue weighted by molar-refractivity contribution is 0.175. The molecule has 2 aliphatic carbocycles. The summed E-state index contributed by atoms with van der Waals surface area (Å²) in [5.74, 6) is 2.90. The summed E-state index contributed by atoms with van der Waals surface area (Å²) in [6.07, 6.45) is 12.7. The number of fused-ring (bicyclic) bond motifs is 6. The Bertz CT molecular complexity index is 1430. The minimum atomic E-state index is -0.424. The number of aliphatic hydroxyl groups is 2. The molecular formula is C37H42O2S4. The highest BCUT2D eigenvalue weighted by Gasteiger charge is 2.59. The number of rotatable bonds is 7. The van der Waals surface area contributed by atoms with Gasteiger partial charge in [0.15, 0.2) is 0 Å². The minimum absolute atomic E-state index is 0.389. The van der Waals surface area contributed by atoms with E-state index >= 15 is 0 Å². The molecule has 0 spiro atoms. The van der Waals surface area contributed by atoms with E-state index in [9.17, 15) is 10.2 Å². The van der Waals surface area contributed by atoms with E-state index in [4.69, 9.17) is 0 Å². The van der Waals surface area contributed by atoms with E-state index in [0.29, 0.717) is 39.8 Å². The van der Waals surface area contributed by atoms with Crippen LogP contribution in [0.3, 0.4) is 0 Å². The molecule has 3 aromatic rings. The quantitative estimate of drug-likeness (QED) is 0.251. The highest BCUT2D eigenvalue weighted by atomic mass is 32.2. The van der Waals surface area contributed by atoms with Gasteiger partial charge >= 0.3 is 0 Å². The summed E-state index contributed by atoms with van der Waals surface area (Å²) in [7, 11) is 0. The van der Waals surface area contributed by atoms with Gasteiger partial charge in [-0.25, -0.2) is 0 Å². The molecule has 8 unspecified atom stereocenters. The Labute approximate surface area is 273 Å². The molecule has 0 radical (unpaired) electrons. The second kappa shape index (κ2) is 12.6. The zero-order valence-corrected chi connectivity index (χ0v) is 27.9. The van der Waals surface area contributed by atoms with Crippen LogP contribution in [-0.4, -0.2) is 37.3 Å². The molecule has 1 aromatic heterocycles. The average Bonchev–Trinajstić information content (AvgIpc) is 3.73. The Hall–Kier alpha value is -1.15. The smallest absolute Gasteiger partial charge is 0.0922 e. The summed E-state index contributed by atoms with van der Waals surface area (Å²) in [6.45, 7) is 0. The summed E-state index contributed by atoms with van der Waals surface area (Å²) in [4.78, 5) is 5.45. The SMILES string of the molecule is OC(Cc1ccccc1)C1=CC2S[C@@H]3C(CC4Sc5cc(C(O)Cc6ccccc6)sc5C4C3C3CCCCCC3)C2S1. The van der Waals surface area contributed by atoms with Crippen LogP contribution in [0.15, 0.2) is 82.6 Å². The Kier molecular flexibility index (Phi) is 8.55. The van der Waals surface area contributed by atoms with Crippen molar-refractivity contribution in [1.82, 2.24) is 0 Å². The molecule has 2 aromatic carbocycles. The molecule has 3 fully saturated rings. The van der Waals surface area contributed by atoms with Crippen molar-refractivity contribution in [1.29, 1.82) is 0 Å². The van der Waals surface area contributed by atoms with Crippen molar-refractivity contribution in [3.05, 3.63) is 98.6 Å². The summed E-state index contributed by atoms with van der Waals surface area (Å²) in [5, 5.41) is 25.0. The third-order valence-corrected chi connectivity index (χ3v) is 17.1. The third kappa shape index (κ3) is 5.72. The molecule has 2 nitrogen and oxygen atoms in total. The van der Waals surface area contributed by atoms with Crippen molar-refractivity contribution >= 4 is 46.6 Å². The molecule has 5 aliphatic rings. The number of thiophene rings is 1. The molecule has 9 atom stereocenters. The maximum atomic E-state index is 11.3. The van der Waals surface area contributed by atoms with Gasteiger partial charge in [-0.15, -0.1) is 46.6 Å². The van der Waals surface area contributed by atoms with Gasteiger partial charge < -0.3 is 10.2 Å². The van der Waals surface area contributed by atoms with Crippen LogP contribution in [0.25, 0.3) is 0 Å². The molecule has 2 N–H and O–H groups in total. The molecule has 4 heterocycles. The van der Waals surface area contributed by atoms with Gasteiger partial charge in [-0.2, -0.15) is 0 Å². The van der Waals surface area contributed by atoms with Crippen molar-refractivity contribution < 1.29 is 10.2 Å². The van der Waals surface area contributed by atoms with Crippen LogP contribution in [0, 0.1) is 17.8 Å². The Morgan fingerprint density at radius 1 is 0.767 bits per heavy atom. The maximum Gasteiger partial charge on any atom is 0.0922 e. The second-order valence-corrected chi connectivity index (χ2v) is 18.4. The van der Waals surface area contributed by atoms with Crippen molar-refractivity contribution in [2.45, 2.75) is 102 Å². The number of hydrogen-bond donors (Lipinski definition) is 2. The first-order valence-electron chi connectivity index (χ1n) is 16.4. The maximum absolute atomic E-state index is 11.3. The molecule has 43 heavy (non-hydrogen) atoms. The van der Waals surface area contributed by atoms with E-state index in [-0.39, 0.29) is 6.10 Å². The van der Waals surface area contributed by atoms with Gasteiger partial charge in [0.25, 0.3) is 0 Å². The number of benzene rings is 2. The summed E-state index contributed by atoms with van der Waals surface area (Å²) >= 11 is 8.38. The lowest BCUT2D eigenvalue weighted by atomic mass is 9.65. The van der Waals surface area contributed by atoms with Crippen molar-refractivity contribution in [3.63, 3.8) is 0 Å². The van der Waals surface area contributed by atoms with Crippen molar-refractivity contribution in [2.75, 3.05) is 0 Å². The molecule has 6 heteroatoms. The Balaban J connectivity index is 1.05. The van der Waals surface area contributed by atoms with Crippen LogP contribution in [0.1, 0.15) is 77.8 Å². The first kappa shape index (κ1) is 29.3. The Morgan fingerprint density at radius 2 is 1.44 bits per heavy atom. The van der Waals surface area contributed by atoms with E-state index < -0.39 is 6.10 Å². The highest BCUT2D eigenvalue weighted by molar-refractivity contribution is 8.08. The predicted octanol–water partition coefficient (Wildman–Crippen LogP) is 9.28. The Morgan fingerprint density at radius 3 is 2.14 bits per heavy atom. The van der Waals surface area contributed by atoms with E-state index in [1.165, 1.54) is 65.9 Å². The summed E-state index contributed by atoms with van der Waals surface area (Å²) in [6, 6.07) is 23.3. The molecule has 3 aliphatic heterocycles. The fourth-order valence-corrected chi connectivity index (χ4v) is 16.0. The van der Waals surface area contributed by atoms with E-state index in [0.717, 1.165) is 22.6 Å². The van der Waals surface area contributed by atoms with Crippen LogP contribution in [0.2, 0.25) is 0 Å². The summed E-state index contributed by atoms with van der Waals surface area (Å²) < 4.78 is 0. The van der Waals surface area contributed by atoms with E-state index in [1.807, 2.05) is 29.2 Å². The first-order valence-corrected chi connectivity index (χ1v) is 19.9. The lowest BCUT2D eigenvalue weighted by Crippen LogP contribution is -2.44. The summed E-state index contributed by atoms with van der Waals surface area (Å²) in [5.41, 5.74) is 2.42. The third-order valence-electron chi connectivity index (χ3n) is 10.8. The predicted molar refractivity (Wildman–Crippen MR) is 185 cm³/mol. The van der Waals surface area contributed by atoms with Gasteiger partial charge in [0, 0.05) is 59.3 Å². The van der Waals surface area contributed by atoms with Crippen LogP contribution >= 0.6 is 46.6 Å². The van der Waals surface area contributed by atoms with Gasteiger partial charge in [-0.05, 0) is 41.4 Å². The fourth-order valence-electron chi connectivity index (χ4n) is 8.80. The molecule has 226 valence electrons. The van der Waals surface area contributed by atoms with Crippen LogP contribution in [0.4, 0.5) is 0 Å². The zero-order valence-electron chi connectivity index (χ0n) is 24.6. The van der Waals surface area contributed by atoms with Crippen LogP contribution in [-0.2, 0) is 12.8 Å². The topological polar surface area (TPSA) is 40.5 Å². The highest BCUT2D eigenvalue weighted by Crippen LogP contribution is 2.68. The second-order valence-electron chi connectivity index (χ2n) is 13.4. The van der Waals surface area contributed by atoms with Crippen LogP contribution in [0.5, 0.6) is 0 Å². The normalized spacial score (nSPS) is 33.2. The average molecular weight is 647 g/mol. The van der Waals surface area contributed by atoms with Crippen LogP contribution < -0.4 is 0 Å². The molecule has 1 saturated heterocycles. The number of hydrogen-bond acceptors (Lipinski definition) is 6. The number of aliphatic hydroxyl groups excluding tert-OH is 2. The first-order chi connectivity index (χ1) is 21.1. The molecule has 8 rings (SSSR count). The van der Waals surface area contributed by atoms with Gasteiger partial charge in [0.2, 0.25) is 0 Å². The van der Waals surface area contributed by atoms with Crippen molar-refractivity contribution in [3.8, 4) is 0 Å². The standard InChI is InChI=1S/C37H42O2S4/c38-26(17-22-11-5-3-6-12-22)28-20-31-35(41-28)25-19-30-34(33(36(25)43-31)24-15-9-1-2-10-16-24)37-32(40-30)21-29(42-37)27(39)18-23-13-7-4-8-14-23/h3-8,11-14,20-21,24-27,30-31,33-36,38-39H,1-2,9-10,15-19H2/t25?,26?,27?,30?,31?,33?,34?,35?,36-/m1/s1. The lowest BCUT2D eigenvalue weighted by Gasteiger charge is -2.46. The van der Waals surface area contributed by atoms with Gasteiger partial charge in [-0.3, -0.25) is 0 Å². The van der Waals surface area contributed by atoms with E-state index in [2.05, 4.69) is 90.3 Å². The van der Waals surface area contributed by atoms with Gasteiger partial charge in [0.1, 0.15) is 0 Å². The molecule has 2 saturated carbocycles. The monoisotopic (exact) mass is 646 g/mol. The largest absolute Gasteiger partial charge is 0.388 e. The van der Waals surface area contributed by atoms with Crippen molar-refractivity contribution in [2.24, 2.45) is 17.8 Å². The fraction of sp³-hybridized carbons (Fsp3) is 0.514. The van der Waals surface area contributed by atoms with Gasteiger partial charge in [0.05, 0.1) is 12.2 Å². The van der Waals surface area contributed by atoms with E-state index in [1.54, 1.807) is 4.88 Å².